The Balaban J connectivity index is 2.76. The molecule has 5 heteroatoms. The minimum atomic E-state index is -1.33. The van der Waals surface area contributed by atoms with E-state index in [0.29, 0.717) is 12.8 Å². The Morgan fingerprint density at radius 2 is 2.14 bits per heavy atom. The molecular weight excluding hydrogens is 310 g/mol. The van der Waals surface area contributed by atoms with Crippen molar-refractivity contribution in [1.29, 1.82) is 0 Å². The van der Waals surface area contributed by atoms with Crippen LogP contribution in [0.1, 0.15) is 12.8 Å². The van der Waals surface area contributed by atoms with E-state index in [9.17, 15) is 5.11 Å². The number of hydrogen-bond donors (Lipinski definition) is 1. The molecule has 1 aliphatic rings. The van der Waals surface area contributed by atoms with Crippen molar-refractivity contribution in [1.82, 2.24) is 0 Å². The zero-order valence-corrected chi connectivity index (χ0v) is 11.2. The summed E-state index contributed by atoms with van der Waals surface area (Å²) < 4.78 is -0.337. The van der Waals surface area contributed by atoms with E-state index in [0.717, 1.165) is 4.48 Å². The summed E-state index contributed by atoms with van der Waals surface area (Å²) in [4.78, 5) is 0. The monoisotopic (exact) mass is 318 g/mol. The third-order valence-electron chi connectivity index (χ3n) is 2.17. The highest BCUT2D eigenvalue weighted by atomic mass is 79.9. The Morgan fingerprint density at radius 3 is 2.50 bits per heavy atom. The highest BCUT2D eigenvalue weighted by molar-refractivity contribution is 9.11. The van der Waals surface area contributed by atoms with Crippen molar-refractivity contribution in [2.45, 2.75) is 16.6 Å². The number of aliphatic hydroxyl groups is 1. The minimum absolute atomic E-state index is 0.0197. The molecule has 0 heterocycles. The smallest absolute Gasteiger partial charge is 0.191 e. The molecular formula is C9H10BrCl3O. The fourth-order valence-electron chi connectivity index (χ4n) is 1.40. The molecule has 0 amide bonds. The van der Waals surface area contributed by atoms with Crippen molar-refractivity contribution < 1.29 is 5.11 Å². The molecule has 0 aromatic carbocycles. The Morgan fingerprint density at radius 1 is 1.50 bits per heavy atom. The summed E-state index contributed by atoms with van der Waals surface area (Å²) >= 11 is 20.5. The van der Waals surface area contributed by atoms with Gasteiger partial charge in [-0.2, -0.15) is 0 Å². The molecule has 0 fully saturated rings. The molecule has 1 unspecified atom stereocenters. The van der Waals surface area contributed by atoms with E-state index in [4.69, 9.17) is 34.8 Å². The first-order valence-electron chi connectivity index (χ1n) is 4.09. The van der Waals surface area contributed by atoms with Crippen molar-refractivity contribution in [2.24, 2.45) is 5.41 Å². The number of halogens is 4. The predicted octanol–water partition coefficient (Wildman–Crippen LogP) is 3.96. The van der Waals surface area contributed by atoms with E-state index in [-0.39, 0.29) is 6.61 Å². The number of allylic oxidation sites excluding steroid dienone is 3. The van der Waals surface area contributed by atoms with Crippen LogP contribution in [0.2, 0.25) is 0 Å². The largest absolute Gasteiger partial charge is 0.395 e. The molecule has 0 saturated carbocycles. The van der Waals surface area contributed by atoms with Gasteiger partial charge in [0.2, 0.25) is 0 Å². The lowest BCUT2D eigenvalue weighted by Crippen LogP contribution is -2.29. The van der Waals surface area contributed by atoms with Gasteiger partial charge >= 0.3 is 0 Å². The molecule has 1 nitrogen and oxygen atoms in total. The maximum Gasteiger partial charge on any atom is 0.191 e. The number of hydrogen-bond acceptors (Lipinski definition) is 1. The van der Waals surface area contributed by atoms with Gasteiger partial charge in [-0.25, -0.2) is 0 Å². The van der Waals surface area contributed by atoms with E-state index in [1.165, 1.54) is 0 Å². The Labute approximate surface area is 107 Å². The Bertz CT molecular complexity index is 270. The lowest BCUT2D eigenvalue weighted by atomic mass is 9.80. The van der Waals surface area contributed by atoms with Gasteiger partial charge in [0.05, 0.1) is 6.61 Å². The molecule has 0 aliphatic heterocycles. The van der Waals surface area contributed by atoms with E-state index in [2.05, 4.69) is 15.9 Å². The van der Waals surface area contributed by atoms with Gasteiger partial charge in [-0.05, 0) is 6.42 Å². The molecule has 1 aliphatic carbocycles. The summed E-state index contributed by atoms with van der Waals surface area (Å²) in [6.45, 7) is -0.0197. The van der Waals surface area contributed by atoms with Crippen LogP contribution in [0.5, 0.6) is 0 Å². The molecule has 0 spiro atoms. The van der Waals surface area contributed by atoms with Gasteiger partial charge in [0, 0.05) is 16.3 Å². The van der Waals surface area contributed by atoms with Crippen LogP contribution in [-0.4, -0.2) is 15.5 Å². The Hall–Kier alpha value is 0.790. The van der Waals surface area contributed by atoms with Crippen LogP contribution in [-0.2, 0) is 0 Å². The number of aliphatic hydroxyl groups excluding tert-OH is 1. The van der Waals surface area contributed by atoms with Crippen LogP contribution < -0.4 is 0 Å². The molecule has 0 bridgehead atoms. The van der Waals surface area contributed by atoms with Crippen LogP contribution >= 0.6 is 50.7 Å². The highest BCUT2D eigenvalue weighted by Crippen LogP contribution is 2.44. The van der Waals surface area contributed by atoms with Gasteiger partial charge in [-0.3, -0.25) is 0 Å². The van der Waals surface area contributed by atoms with E-state index < -0.39 is 9.21 Å². The number of rotatable bonds is 2. The summed E-state index contributed by atoms with van der Waals surface area (Å²) in [5.41, 5.74) is -0.442. The summed E-state index contributed by atoms with van der Waals surface area (Å²) in [5, 5.41) is 9.32. The summed E-state index contributed by atoms with van der Waals surface area (Å²) in [6, 6.07) is 0. The average Bonchev–Trinajstić information content (AvgIpc) is 2.07. The first-order chi connectivity index (χ1) is 6.37. The average molecular weight is 320 g/mol. The quantitative estimate of drug-likeness (QED) is 0.764. The summed E-state index contributed by atoms with van der Waals surface area (Å²) in [7, 11) is 0. The normalized spacial score (nSPS) is 27.6. The highest BCUT2D eigenvalue weighted by Gasteiger charge is 2.36. The lowest BCUT2D eigenvalue weighted by Gasteiger charge is -2.32. The molecule has 0 saturated heterocycles. The second-order valence-electron chi connectivity index (χ2n) is 3.44. The second kappa shape index (κ2) is 4.75. The zero-order valence-electron chi connectivity index (χ0n) is 7.31. The van der Waals surface area contributed by atoms with E-state index in [1.54, 1.807) is 0 Å². The van der Waals surface area contributed by atoms with E-state index >= 15 is 0 Å². The predicted molar refractivity (Wildman–Crippen MR) is 65.2 cm³/mol. The van der Waals surface area contributed by atoms with Crippen molar-refractivity contribution in [2.75, 3.05) is 6.61 Å². The first-order valence-corrected chi connectivity index (χ1v) is 6.02. The van der Waals surface area contributed by atoms with Crippen molar-refractivity contribution in [3.05, 3.63) is 22.7 Å². The molecule has 1 rings (SSSR count). The molecule has 80 valence electrons. The van der Waals surface area contributed by atoms with Gasteiger partial charge in [-0.15, -0.1) is 0 Å². The van der Waals surface area contributed by atoms with E-state index in [1.807, 2.05) is 18.2 Å². The van der Waals surface area contributed by atoms with Gasteiger partial charge in [0.25, 0.3) is 0 Å². The second-order valence-corrected chi connectivity index (χ2v) is 6.87. The topological polar surface area (TPSA) is 20.2 Å². The van der Waals surface area contributed by atoms with Crippen molar-refractivity contribution >= 4 is 50.7 Å². The number of alkyl halides is 3. The van der Waals surface area contributed by atoms with Gasteiger partial charge in [0.1, 0.15) is 0 Å². The standard InChI is InChI=1S/C9H10BrCl3O/c10-7-1-3-8(6-14,4-2-7)5-9(11,12)13/h1-3,14H,4-6H2. The van der Waals surface area contributed by atoms with Gasteiger partial charge in [0.15, 0.2) is 3.79 Å². The minimum Gasteiger partial charge on any atom is -0.395 e. The fraction of sp³-hybridized carbons (Fsp3) is 0.556. The van der Waals surface area contributed by atoms with Crippen molar-refractivity contribution in [3.8, 4) is 0 Å². The SMILES string of the molecule is OCC1(CC(Cl)(Cl)Cl)C=CC(Br)=CC1. The van der Waals surface area contributed by atoms with Crippen molar-refractivity contribution in [3.63, 3.8) is 0 Å². The summed E-state index contributed by atoms with van der Waals surface area (Å²) in [5.74, 6) is 0. The molecule has 14 heavy (non-hydrogen) atoms. The molecule has 1 atom stereocenters. The Kier molecular flexibility index (Phi) is 4.36. The van der Waals surface area contributed by atoms with Crippen LogP contribution in [0.25, 0.3) is 0 Å². The maximum atomic E-state index is 9.32. The van der Waals surface area contributed by atoms with Crippen LogP contribution in [0.3, 0.4) is 0 Å². The summed E-state index contributed by atoms with van der Waals surface area (Å²) in [6.07, 6.45) is 6.71. The van der Waals surface area contributed by atoms with Gasteiger partial charge in [-0.1, -0.05) is 69.0 Å². The van der Waals surface area contributed by atoms with Gasteiger partial charge < -0.3 is 5.11 Å². The molecule has 0 aromatic rings. The van der Waals surface area contributed by atoms with Crippen LogP contribution in [0.15, 0.2) is 22.7 Å². The van der Waals surface area contributed by atoms with Crippen LogP contribution in [0.4, 0.5) is 0 Å². The zero-order chi connectivity index (χ0) is 10.8. The fourth-order valence-corrected chi connectivity index (χ4v) is 2.49. The first kappa shape index (κ1) is 12.9. The molecule has 0 radical (unpaired) electrons. The van der Waals surface area contributed by atoms with Crippen LogP contribution in [0, 0.1) is 5.41 Å². The maximum absolute atomic E-state index is 9.32. The third kappa shape index (κ3) is 3.74. The third-order valence-corrected chi connectivity index (χ3v) is 3.16. The molecule has 0 aromatic heterocycles. The lowest BCUT2D eigenvalue weighted by molar-refractivity contribution is 0.161. The molecule has 1 N–H and O–H groups in total.